The lowest BCUT2D eigenvalue weighted by atomic mass is 10.1. The molecule has 0 spiro atoms. The lowest BCUT2D eigenvalue weighted by Gasteiger charge is -2.22. The molecule has 0 saturated carbocycles. The molecule has 22 heavy (non-hydrogen) atoms. The van der Waals surface area contributed by atoms with E-state index in [1.165, 1.54) is 10.5 Å². The van der Waals surface area contributed by atoms with E-state index in [2.05, 4.69) is 47.8 Å². The van der Waals surface area contributed by atoms with Crippen molar-refractivity contribution in [1.29, 1.82) is 0 Å². The van der Waals surface area contributed by atoms with E-state index < -0.39 is 0 Å². The zero-order chi connectivity index (χ0) is 15.6. The Kier molecular flexibility index (Phi) is 7.46. The number of aliphatic imine (C=N–C) groups is 1. The van der Waals surface area contributed by atoms with Crippen molar-refractivity contribution >= 4 is 17.3 Å². The highest BCUT2D eigenvalue weighted by atomic mass is 32.1. The largest absolute Gasteiger partial charge is 0.377 e. The van der Waals surface area contributed by atoms with Crippen LogP contribution in [0, 0.1) is 0 Å². The Morgan fingerprint density at radius 1 is 1.45 bits per heavy atom. The van der Waals surface area contributed by atoms with Gasteiger partial charge in [-0.3, -0.25) is 4.99 Å². The average molecular weight is 321 g/mol. The predicted octanol–water partition coefficient (Wildman–Crippen LogP) is 2.92. The summed E-state index contributed by atoms with van der Waals surface area (Å²) in [6, 6.07) is 4.31. The first kappa shape index (κ1) is 17.0. The van der Waals surface area contributed by atoms with E-state index in [-0.39, 0.29) is 0 Å². The molecule has 0 aliphatic carbocycles. The molecule has 5 heteroatoms. The molecule has 0 atom stereocenters. The summed E-state index contributed by atoms with van der Waals surface area (Å²) in [7, 11) is 2.11. The fourth-order valence-electron chi connectivity index (χ4n) is 2.41. The van der Waals surface area contributed by atoms with Gasteiger partial charge in [0.1, 0.15) is 0 Å². The van der Waals surface area contributed by atoms with Crippen LogP contribution in [-0.2, 0) is 11.2 Å². The van der Waals surface area contributed by atoms with Gasteiger partial charge in [0.25, 0.3) is 0 Å². The zero-order valence-electron chi connectivity index (χ0n) is 13.7. The Morgan fingerprint density at radius 2 is 2.36 bits per heavy atom. The summed E-state index contributed by atoms with van der Waals surface area (Å²) in [5, 5.41) is 5.52. The van der Waals surface area contributed by atoms with Gasteiger partial charge in [0, 0.05) is 31.6 Å². The molecule has 1 N–H and O–H groups in total. The first-order chi connectivity index (χ1) is 10.8. The molecule has 2 rings (SSSR count). The van der Waals surface area contributed by atoms with Crippen molar-refractivity contribution in [2.45, 2.75) is 26.2 Å². The summed E-state index contributed by atoms with van der Waals surface area (Å²) in [6.45, 7) is 6.47. The Labute approximate surface area is 137 Å². The minimum atomic E-state index is 0.764. The maximum absolute atomic E-state index is 5.34. The molecule has 0 unspecified atom stereocenters. The molecule has 0 fully saturated rings. The highest BCUT2D eigenvalue weighted by Crippen LogP contribution is 2.12. The van der Waals surface area contributed by atoms with Crippen LogP contribution in [0.3, 0.4) is 0 Å². The molecule has 2 heterocycles. The second-order valence-electron chi connectivity index (χ2n) is 5.42. The lowest BCUT2D eigenvalue weighted by molar-refractivity contribution is 0.153. The van der Waals surface area contributed by atoms with Gasteiger partial charge in [-0.1, -0.05) is 17.7 Å². The van der Waals surface area contributed by atoms with Gasteiger partial charge < -0.3 is 15.0 Å². The fraction of sp³-hybridized carbons (Fsp3) is 0.588. The molecule has 4 nitrogen and oxygen atoms in total. The SMILES string of the molecule is CCNC(=NCCC1=CCOCC1)N(C)CCc1cccs1. The molecule has 1 aliphatic heterocycles. The number of guanidine groups is 1. The number of rotatable bonds is 7. The highest BCUT2D eigenvalue weighted by molar-refractivity contribution is 7.09. The van der Waals surface area contributed by atoms with Gasteiger partial charge >= 0.3 is 0 Å². The Balaban J connectivity index is 1.81. The van der Waals surface area contributed by atoms with E-state index in [9.17, 15) is 0 Å². The molecule has 1 aromatic heterocycles. The lowest BCUT2D eigenvalue weighted by Crippen LogP contribution is -2.40. The van der Waals surface area contributed by atoms with Crippen molar-refractivity contribution in [2.75, 3.05) is 39.9 Å². The van der Waals surface area contributed by atoms with E-state index in [0.29, 0.717) is 0 Å². The third kappa shape index (κ3) is 5.81. The first-order valence-corrected chi connectivity index (χ1v) is 8.95. The number of hydrogen-bond acceptors (Lipinski definition) is 3. The summed E-state index contributed by atoms with van der Waals surface area (Å²) in [4.78, 5) is 8.41. The third-order valence-corrected chi connectivity index (χ3v) is 4.66. The highest BCUT2D eigenvalue weighted by Gasteiger charge is 2.07. The van der Waals surface area contributed by atoms with Crippen molar-refractivity contribution < 1.29 is 4.74 Å². The van der Waals surface area contributed by atoms with Crippen LogP contribution in [0.4, 0.5) is 0 Å². The van der Waals surface area contributed by atoms with Crippen LogP contribution in [0.25, 0.3) is 0 Å². The third-order valence-electron chi connectivity index (χ3n) is 3.72. The fourth-order valence-corrected chi connectivity index (χ4v) is 3.10. The Morgan fingerprint density at radius 3 is 3.05 bits per heavy atom. The average Bonchev–Trinajstić information content (AvgIpc) is 3.06. The minimum absolute atomic E-state index is 0.764. The summed E-state index contributed by atoms with van der Waals surface area (Å²) in [5.74, 6) is 1.01. The summed E-state index contributed by atoms with van der Waals surface area (Å²) in [5.41, 5.74) is 1.48. The van der Waals surface area contributed by atoms with Crippen molar-refractivity contribution in [3.63, 3.8) is 0 Å². The van der Waals surface area contributed by atoms with E-state index in [1.807, 2.05) is 11.3 Å². The number of nitrogens with zero attached hydrogens (tertiary/aromatic N) is 2. The zero-order valence-corrected chi connectivity index (χ0v) is 14.5. The maximum Gasteiger partial charge on any atom is 0.193 e. The second-order valence-corrected chi connectivity index (χ2v) is 6.46. The minimum Gasteiger partial charge on any atom is -0.377 e. The standard InChI is InChI=1S/C17H27N3OS/c1-3-18-17(19-10-6-15-8-12-21-13-9-15)20(2)11-7-16-5-4-14-22-16/h4-5,8,14H,3,6-7,9-13H2,1-2H3,(H,18,19). The van der Waals surface area contributed by atoms with E-state index >= 15 is 0 Å². The molecule has 0 aromatic carbocycles. The molecule has 0 radical (unpaired) electrons. The molecule has 0 saturated heterocycles. The number of ether oxygens (including phenoxy) is 1. The van der Waals surface area contributed by atoms with Crippen molar-refractivity contribution in [3.8, 4) is 0 Å². The van der Waals surface area contributed by atoms with Crippen molar-refractivity contribution in [3.05, 3.63) is 34.0 Å². The number of hydrogen-bond donors (Lipinski definition) is 1. The number of thiophene rings is 1. The van der Waals surface area contributed by atoms with Crippen LogP contribution in [0.1, 0.15) is 24.6 Å². The van der Waals surface area contributed by atoms with Gasteiger partial charge in [0.2, 0.25) is 0 Å². The van der Waals surface area contributed by atoms with E-state index in [1.54, 1.807) is 0 Å². The normalized spacial score (nSPS) is 15.5. The van der Waals surface area contributed by atoms with Gasteiger partial charge in [0.15, 0.2) is 5.96 Å². The van der Waals surface area contributed by atoms with Gasteiger partial charge in [0.05, 0.1) is 13.2 Å². The molecule has 0 amide bonds. The first-order valence-electron chi connectivity index (χ1n) is 8.07. The molecule has 0 bridgehead atoms. The van der Waals surface area contributed by atoms with E-state index in [4.69, 9.17) is 9.73 Å². The summed E-state index contributed by atoms with van der Waals surface area (Å²) < 4.78 is 5.34. The number of nitrogens with one attached hydrogen (secondary N) is 1. The van der Waals surface area contributed by atoms with Crippen LogP contribution in [-0.4, -0.2) is 50.8 Å². The smallest absolute Gasteiger partial charge is 0.193 e. The maximum atomic E-state index is 5.34. The molecular weight excluding hydrogens is 294 g/mol. The van der Waals surface area contributed by atoms with Gasteiger partial charge in [-0.05, 0) is 37.6 Å². The summed E-state index contributed by atoms with van der Waals surface area (Å²) >= 11 is 1.82. The molecule has 1 aromatic rings. The molecular formula is C17H27N3OS. The number of likely N-dealkylation sites (N-methyl/N-ethyl adjacent to an activating group) is 1. The van der Waals surface area contributed by atoms with Crippen LogP contribution in [0.5, 0.6) is 0 Å². The van der Waals surface area contributed by atoms with Crippen molar-refractivity contribution in [1.82, 2.24) is 10.2 Å². The van der Waals surface area contributed by atoms with Crippen LogP contribution < -0.4 is 5.32 Å². The Bertz CT molecular complexity index is 482. The van der Waals surface area contributed by atoms with Crippen molar-refractivity contribution in [2.24, 2.45) is 4.99 Å². The second kappa shape index (κ2) is 9.64. The van der Waals surface area contributed by atoms with E-state index in [0.717, 1.165) is 58.1 Å². The van der Waals surface area contributed by atoms with Gasteiger partial charge in [-0.2, -0.15) is 0 Å². The van der Waals surface area contributed by atoms with Crippen LogP contribution >= 0.6 is 11.3 Å². The van der Waals surface area contributed by atoms with Crippen LogP contribution in [0.2, 0.25) is 0 Å². The van der Waals surface area contributed by atoms with Gasteiger partial charge in [-0.15, -0.1) is 11.3 Å². The van der Waals surface area contributed by atoms with Gasteiger partial charge in [-0.25, -0.2) is 0 Å². The quantitative estimate of drug-likeness (QED) is 0.477. The Hall–Kier alpha value is -1.33. The summed E-state index contributed by atoms with van der Waals surface area (Å²) in [6.07, 6.45) is 5.37. The van der Waals surface area contributed by atoms with Crippen LogP contribution in [0.15, 0.2) is 34.2 Å². The topological polar surface area (TPSA) is 36.9 Å². The predicted molar refractivity (Wildman–Crippen MR) is 94.8 cm³/mol. The molecule has 1 aliphatic rings. The monoisotopic (exact) mass is 321 g/mol. The molecule has 122 valence electrons.